The van der Waals surface area contributed by atoms with Crippen molar-refractivity contribution in [3.05, 3.63) is 0 Å². The molecule has 12 nitrogen and oxygen atoms in total. The Morgan fingerprint density at radius 3 is 1.78 bits per heavy atom. The highest BCUT2D eigenvalue weighted by atomic mass is 36.0. The highest BCUT2D eigenvalue weighted by Gasteiger charge is 2.41. The Bertz CT molecular complexity index is 766. The number of aliphatic hydroxyl groups is 1. The topological polar surface area (TPSA) is 172 Å². The van der Waals surface area contributed by atoms with Crippen LogP contribution in [0.2, 0.25) is 0 Å². The Balaban J connectivity index is -0.000000589. The van der Waals surface area contributed by atoms with E-state index in [9.17, 15) is 14.4 Å². The molecule has 16 heteroatoms. The van der Waals surface area contributed by atoms with Gasteiger partial charge in [-0.15, -0.1) is 12.4 Å². The Kier molecular flexibility index (Phi) is 25.5. The number of hydrogen-bond donors (Lipinski definition) is 4. The molecule has 2 heterocycles. The van der Waals surface area contributed by atoms with Crippen LogP contribution in [-0.4, -0.2) is 106 Å². The van der Waals surface area contributed by atoms with Crippen LogP contribution < -0.4 is 5.32 Å². The second-order valence-electron chi connectivity index (χ2n) is 10.2. The molecular weight excluding hydrogens is 627 g/mol. The van der Waals surface area contributed by atoms with Crippen molar-refractivity contribution in [2.45, 2.75) is 97.1 Å². The first-order valence-electron chi connectivity index (χ1n) is 13.1. The SMILES string of the molecule is CCO.CO[C@@H]([C@@H]1CCCN1)[C@@H](C)C(=O)O.CO[C@H]([C@@H](C)C(=O)O)[C@@H]1CCCN1C(=O)OC(C)(C)C.Cl.O=S(Cl)Cl. The van der Waals surface area contributed by atoms with Crippen molar-refractivity contribution < 1.29 is 48.1 Å². The van der Waals surface area contributed by atoms with E-state index < -0.39 is 50.8 Å². The fraction of sp³-hybridized carbons (Fsp3) is 0.880. The molecule has 2 aliphatic heterocycles. The molecular formula is C25H49Cl3N2O10S. The van der Waals surface area contributed by atoms with Gasteiger partial charge in [-0.3, -0.25) is 9.59 Å². The first-order valence-corrected chi connectivity index (χ1v) is 15.9. The maximum absolute atomic E-state index is 12.2. The summed E-state index contributed by atoms with van der Waals surface area (Å²) < 4.78 is 25.0. The van der Waals surface area contributed by atoms with E-state index in [1.165, 1.54) is 7.11 Å². The van der Waals surface area contributed by atoms with Gasteiger partial charge in [-0.05, 0) is 73.8 Å². The van der Waals surface area contributed by atoms with Crippen LogP contribution in [0.15, 0.2) is 0 Å². The lowest BCUT2D eigenvalue weighted by Gasteiger charge is -2.34. The molecule has 0 aromatic rings. The number of likely N-dealkylation sites (tertiary alicyclic amines) is 1. The second-order valence-corrected chi connectivity index (χ2v) is 12.8. The molecule has 0 bridgehead atoms. The summed E-state index contributed by atoms with van der Waals surface area (Å²) in [5, 5.41) is 28.8. The van der Waals surface area contributed by atoms with Crippen molar-refractivity contribution in [3.8, 4) is 0 Å². The number of ether oxygens (including phenoxy) is 3. The van der Waals surface area contributed by atoms with Crippen LogP contribution in [-0.2, 0) is 33.0 Å². The number of carboxylic acid groups (broad SMARTS) is 2. The van der Waals surface area contributed by atoms with Crippen LogP contribution in [0.3, 0.4) is 0 Å². The Labute approximate surface area is 261 Å². The van der Waals surface area contributed by atoms with Crippen molar-refractivity contribution in [3.63, 3.8) is 0 Å². The summed E-state index contributed by atoms with van der Waals surface area (Å²) >= 11 is 0. The molecule has 2 rings (SSSR count). The quantitative estimate of drug-likeness (QED) is 0.274. The number of nitrogens with one attached hydrogen (secondary N) is 1. The predicted molar refractivity (Wildman–Crippen MR) is 162 cm³/mol. The number of aliphatic hydroxyl groups excluding tert-OH is 1. The molecule has 4 N–H and O–H groups in total. The molecule has 1 amide bonds. The lowest BCUT2D eigenvalue weighted by molar-refractivity contribution is -0.148. The predicted octanol–water partition coefficient (Wildman–Crippen LogP) is 4.06. The van der Waals surface area contributed by atoms with Crippen LogP contribution in [0.5, 0.6) is 0 Å². The molecule has 2 fully saturated rings. The minimum absolute atomic E-state index is 0. The molecule has 41 heavy (non-hydrogen) atoms. The maximum atomic E-state index is 12.2. The zero-order valence-corrected chi connectivity index (χ0v) is 28.3. The monoisotopic (exact) mass is 674 g/mol. The molecule has 0 unspecified atom stereocenters. The zero-order chi connectivity index (χ0) is 31.6. The van der Waals surface area contributed by atoms with Crippen LogP contribution in [0.1, 0.15) is 67.2 Å². The van der Waals surface area contributed by atoms with Crippen molar-refractivity contribution in [1.29, 1.82) is 0 Å². The number of nitrogens with zero attached hydrogens (tertiary/aromatic N) is 1. The van der Waals surface area contributed by atoms with E-state index in [4.69, 9.17) is 33.7 Å². The number of halogens is 3. The summed E-state index contributed by atoms with van der Waals surface area (Å²) in [5.41, 5.74) is -0.564. The van der Waals surface area contributed by atoms with Crippen LogP contribution in [0, 0.1) is 11.8 Å². The van der Waals surface area contributed by atoms with E-state index in [1.54, 1.807) is 32.8 Å². The zero-order valence-electron chi connectivity index (χ0n) is 25.1. The van der Waals surface area contributed by atoms with Gasteiger partial charge in [0.2, 0.25) is 9.23 Å². The summed E-state index contributed by atoms with van der Waals surface area (Å²) in [6.07, 6.45) is 2.54. The molecule has 2 saturated heterocycles. The minimum atomic E-state index is -1.67. The summed E-state index contributed by atoms with van der Waals surface area (Å²) in [6.45, 7) is 12.2. The third-order valence-electron chi connectivity index (χ3n) is 6.11. The molecule has 0 radical (unpaired) electrons. The maximum Gasteiger partial charge on any atom is 0.410 e. The summed E-state index contributed by atoms with van der Waals surface area (Å²) in [7, 11) is 10.4. The number of aliphatic carboxylic acids is 2. The van der Waals surface area contributed by atoms with Gasteiger partial charge in [-0.25, -0.2) is 9.00 Å². The Morgan fingerprint density at radius 1 is 1.00 bits per heavy atom. The number of methoxy groups -OCH3 is 2. The van der Waals surface area contributed by atoms with Crippen LogP contribution in [0.25, 0.3) is 0 Å². The van der Waals surface area contributed by atoms with Gasteiger partial charge in [0.25, 0.3) is 0 Å². The van der Waals surface area contributed by atoms with Gasteiger partial charge < -0.3 is 39.7 Å². The first-order chi connectivity index (χ1) is 18.5. The molecule has 0 saturated carbocycles. The normalized spacial score (nSPS) is 20.8. The number of hydrogen-bond acceptors (Lipinski definition) is 9. The van der Waals surface area contributed by atoms with E-state index in [2.05, 4.69) is 26.7 Å². The third kappa shape index (κ3) is 19.1. The van der Waals surface area contributed by atoms with Crippen molar-refractivity contribution in [1.82, 2.24) is 10.2 Å². The average Bonchev–Trinajstić information content (AvgIpc) is 3.52. The van der Waals surface area contributed by atoms with Gasteiger partial charge in [0.1, 0.15) is 5.60 Å². The van der Waals surface area contributed by atoms with Crippen molar-refractivity contribution in [2.75, 3.05) is 33.9 Å². The van der Waals surface area contributed by atoms with Gasteiger partial charge in [0.15, 0.2) is 0 Å². The minimum Gasteiger partial charge on any atom is -0.481 e. The molecule has 0 aromatic carbocycles. The lowest BCUT2D eigenvalue weighted by Crippen LogP contribution is -2.49. The van der Waals surface area contributed by atoms with Gasteiger partial charge in [-0.2, -0.15) is 0 Å². The number of rotatable bonds is 8. The summed E-state index contributed by atoms with van der Waals surface area (Å²) in [5.74, 6) is -2.83. The molecule has 246 valence electrons. The fourth-order valence-electron chi connectivity index (χ4n) is 4.37. The highest BCUT2D eigenvalue weighted by Crippen LogP contribution is 2.28. The molecule has 0 spiro atoms. The van der Waals surface area contributed by atoms with Crippen molar-refractivity contribution >= 4 is 61.0 Å². The number of carboxylic acids is 2. The van der Waals surface area contributed by atoms with E-state index in [0.717, 1.165) is 32.2 Å². The van der Waals surface area contributed by atoms with Gasteiger partial charge in [0.05, 0.1) is 30.1 Å². The van der Waals surface area contributed by atoms with E-state index in [1.807, 2.05) is 20.8 Å². The third-order valence-corrected chi connectivity index (χ3v) is 6.11. The molecule has 0 aromatic heterocycles. The van der Waals surface area contributed by atoms with E-state index in [0.29, 0.717) is 6.54 Å². The highest BCUT2D eigenvalue weighted by molar-refractivity contribution is 8.26. The van der Waals surface area contributed by atoms with Gasteiger partial charge >= 0.3 is 18.0 Å². The molecule has 6 atom stereocenters. The van der Waals surface area contributed by atoms with Gasteiger partial charge in [0, 0.05) is 54.8 Å². The first kappa shape index (κ1) is 44.5. The van der Waals surface area contributed by atoms with Gasteiger partial charge in [-0.1, -0.05) is 0 Å². The van der Waals surface area contributed by atoms with Crippen molar-refractivity contribution in [2.24, 2.45) is 11.8 Å². The Morgan fingerprint density at radius 2 is 1.44 bits per heavy atom. The fourth-order valence-corrected chi connectivity index (χ4v) is 4.37. The number of amides is 1. The molecule has 2 aliphatic rings. The smallest absolute Gasteiger partial charge is 0.410 e. The lowest BCUT2D eigenvalue weighted by atomic mass is 9.96. The number of carbonyl (C=O) groups is 3. The van der Waals surface area contributed by atoms with Crippen LogP contribution in [0.4, 0.5) is 4.79 Å². The number of carbonyl (C=O) groups excluding carboxylic acids is 1. The van der Waals surface area contributed by atoms with Crippen LogP contribution >= 0.6 is 33.8 Å². The standard InChI is InChI=1S/C14H25NO5.C9H17NO3.C2H6O.Cl2OS.ClH/c1-9(12(16)17)11(19-5)10-7-6-8-15(10)13(18)20-14(2,3)4;1-6(9(11)12)8(13-2)7-4-3-5-10-7;1-2-3;1-4(2)3;/h9-11H,6-8H2,1-5H3,(H,16,17);6-8,10H,3-5H2,1-2H3,(H,11,12);3H,2H2,1H3;;1H/t9-,10+,11-;6-,7+,8-;;;/m11.../s1. The largest absolute Gasteiger partial charge is 0.481 e. The summed E-state index contributed by atoms with van der Waals surface area (Å²) in [6, 6.07) is -0.0444. The van der Waals surface area contributed by atoms with E-state index >= 15 is 0 Å². The molecule has 0 aliphatic carbocycles. The second kappa shape index (κ2) is 23.5. The average molecular weight is 676 g/mol. The van der Waals surface area contributed by atoms with E-state index in [-0.39, 0.29) is 37.2 Å². The Hall–Kier alpha value is -0.930. The summed E-state index contributed by atoms with van der Waals surface area (Å²) in [4.78, 5) is 35.7.